The maximum atomic E-state index is 5.89. The lowest BCUT2D eigenvalue weighted by Gasteiger charge is -2.15. The summed E-state index contributed by atoms with van der Waals surface area (Å²) < 4.78 is 7.82. The van der Waals surface area contributed by atoms with Gasteiger partial charge in [-0.3, -0.25) is 0 Å². The highest BCUT2D eigenvalue weighted by Crippen LogP contribution is 2.37. The molecule has 0 bridgehead atoms. The molecule has 0 aliphatic carbocycles. The minimum Gasteiger partial charge on any atom is -0.431 e. The van der Waals surface area contributed by atoms with Gasteiger partial charge in [0.1, 0.15) is 0 Å². The van der Waals surface area contributed by atoms with Gasteiger partial charge in [-0.1, -0.05) is 17.7 Å². The number of benzene rings is 2. The van der Waals surface area contributed by atoms with E-state index in [1.807, 2.05) is 4.70 Å². The molecule has 0 radical (unpaired) electrons. The first kappa shape index (κ1) is 12.9. The largest absolute Gasteiger partial charge is 0.431 e. The molecule has 1 heterocycles. The quantitative estimate of drug-likeness (QED) is 0.687. The molecule has 0 N–H and O–H groups in total. The fraction of sp³-hybridized carbons (Fsp3) is 0.294. The van der Waals surface area contributed by atoms with Gasteiger partial charge >= 0.3 is 6.73 Å². The summed E-state index contributed by atoms with van der Waals surface area (Å²) in [6.07, 6.45) is 0. The zero-order valence-electron chi connectivity index (χ0n) is 12.4. The maximum Gasteiger partial charge on any atom is 0.317 e. The van der Waals surface area contributed by atoms with Gasteiger partial charge in [0.05, 0.1) is 0 Å². The lowest BCUT2D eigenvalue weighted by molar-refractivity contribution is -0.545. The van der Waals surface area contributed by atoms with E-state index in [9.17, 15) is 0 Å². The van der Waals surface area contributed by atoms with Gasteiger partial charge in [-0.25, -0.2) is 0 Å². The van der Waals surface area contributed by atoms with Crippen molar-refractivity contribution in [2.75, 3.05) is 6.73 Å². The number of hydrogen-bond acceptors (Lipinski definition) is 2. The van der Waals surface area contributed by atoms with Gasteiger partial charge < -0.3 is 4.74 Å². The smallest absolute Gasteiger partial charge is 0.317 e. The summed E-state index contributed by atoms with van der Waals surface area (Å²) in [4.78, 5) is 0. The Morgan fingerprint density at radius 1 is 0.950 bits per heavy atom. The summed E-state index contributed by atoms with van der Waals surface area (Å²) in [5.41, 5.74) is 6.83. The van der Waals surface area contributed by atoms with Gasteiger partial charge in [0, 0.05) is 16.7 Å². The Labute approximate surface area is 119 Å². The fourth-order valence-corrected chi connectivity index (χ4v) is 2.70. The van der Waals surface area contributed by atoms with Crippen LogP contribution in [0.4, 0.5) is 11.4 Å². The summed E-state index contributed by atoms with van der Waals surface area (Å²) in [7, 11) is 0. The van der Waals surface area contributed by atoms with E-state index in [4.69, 9.17) is 9.85 Å². The summed E-state index contributed by atoms with van der Waals surface area (Å²) in [5.74, 6) is 0.900. The Balaban J connectivity index is 2.10. The third kappa shape index (κ3) is 2.20. The van der Waals surface area contributed by atoms with Crippen LogP contribution in [0.2, 0.25) is 0 Å². The Hall–Kier alpha value is -2.16. The van der Waals surface area contributed by atoms with Crippen LogP contribution in [0.1, 0.15) is 22.3 Å². The van der Waals surface area contributed by atoms with Gasteiger partial charge in [-0.05, 0) is 55.7 Å². The highest BCUT2D eigenvalue weighted by Gasteiger charge is 2.24. The van der Waals surface area contributed by atoms with E-state index in [2.05, 4.69) is 58.0 Å². The Morgan fingerprint density at radius 2 is 1.70 bits per heavy atom. The number of azo groups is 2. The van der Waals surface area contributed by atoms with Gasteiger partial charge in [-0.15, -0.1) is 0 Å². The summed E-state index contributed by atoms with van der Waals surface area (Å²) in [6.45, 7) is 8.81. The predicted molar refractivity (Wildman–Crippen MR) is 79.3 cm³/mol. The van der Waals surface area contributed by atoms with Crippen LogP contribution in [0.3, 0.4) is 0 Å². The van der Waals surface area contributed by atoms with E-state index < -0.39 is 0 Å². The van der Waals surface area contributed by atoms with Crippen molar-refractivity contribution >= 4 is 11.4 Å². The molecule has 3 nitrogen and oxygen atoms in total. The molecule has 1 aliphatic heterocycles. The van der Waals surface area contributed by atoms with Gasteiger partial charge in [0.25, 0.3) is 0 Å². The Morgan fingerprint density at radius 3 is 2.45 bits per heavy atom. The molecule has 0 fully saturated rings. The first-order chi connectivity index (χ1) is 9.54. The van der Waals surface area contributed by atoms with Crippen molar-refractivity contribution in [1.29, 1.82) is 0 Å². The number of nitrogens with zero attached hydrogens (tertiary/aromatic N) is 2. The highest BCUT2D eigenvalue weighted by molar-refractivity contribution is 5.57. The minimum atomic E-state index is 0.459. The van der Waals surface area contributed by atoms with Crippen LogP contribution >= 0.6 is 0 Å². The summed E-state index contributed by atoms with van der Waals surface area (Å²) >= 11 is 0. The summed E-state index contributed by atoms with van der Waals surface area (Å²) in [6, 6.07) is 10.6. The van der Waals surface area contributed by atoms with Crippen LogP contribution in [0.15, 0.2) is 35.4 Å². The monoisotopic (exact) mass is 267 g/mol. The maximum absolute atomic E-state index is 5.89. The van der Waals surface area contributed by atoms with E-state index in [1.165, 1.54) is 16.7 Å². The van der Waals surface area contributed by atoms with E-state index >= 15 is 0 Å². The van der Waals surface area contributed by atoms with Crippen molar-refractivity contribution in [2.45, 2.75) is 27.7 Å². The molecule has 0 saturated carbocycles. The predicted octanol–water partition coefficient (Wildman–Crippen LogP) is 4.70. The van der Waals surface area contributed by atoms with Crippen molar-refractivity contribution in [3.8, 4) is 5.75 Å². The second kappa shape index (κ2) is 4.75. The molecule has 0 saturated heterocycles. The highest BCUT2D eigenvalue weighted by atomic mass is 16.5. The molecular formula is C17H19N2O+. The van der Waals surface area contributed by atoms with Gasteiger partial charge in [-0.2, -0.15) is 0 Å². The first-order valence-corrected chi connectivity index (χ1v) is 6.85. The molecule has 2 aromatic carbocycles. The van der Waals surface area contributed by atoms with E-state index in [-0.39, 0.29) is 0 Å². The first-order valence-electron chi connectivity index (χ1n) is 6.85. The van der Waals surface area contributed by atoms with Crippen molar-refractivity contribution in [1.82, 2.24) is 0 Å². The van der Waals surface area contributed by atoms with Crippen molar-refractivity contribution < 1.29 is 9.43 Å². The third-order valence-corrected chi connectivity index (χ3v) is 3.59. The normalized spacial score (nSPS) is 13.5. The average Bonchev–Trinajstić information content (AvgIpc) is 2.37. The Bertz CT molecular complexity index is 717. The van der Waals surface area contributed by atoms with Gasteiger partial charge in [0.2, 0.25) is 5.69 Å². The standard InChI is InChI=1S/C17H19N2O/c1-11-5-6-16(13(3)7-11)19-10-20-17-14(4)8-12(2)9-15(17)18-19/h5-9H,10H2,1-4H3/q+1. The van der Waals surface area contributed by atoms with Crippen LogP contribution in [0.5, 0.6) is 5.75 Å². The number of fused-ring (bicyclic) bond motifs is 1. The van der Waals surface area contributed by atoms with Crippen molar-refractivity contribution in [3.63, 3.8) is 0 Å². The van der Waals surface area contributed by atoms with Crippen LogP contribution in [-0.2, 0) is 0 Å². The molecule has 1 aliphatic rings. The molecule has 2 aromatic rings. The van der Waals surface area contributed by atoms with Crippen molar-refractivity contribution in [2.24, 2.45) is 5.11 Å². The second-order valence-corrected chi connectivity index (χ2v) is 5.49. The molecule has 3 rings (SSSR count). The Kier molecular flexibility index (Phi) is 3.05. The molecule has 102 valence electrons. The van der Waals surface area contributed by atoms with Crippen LogP contribution in [0.25, 0.3) is 0 Å². The zero-order valence-corrected chi connectivity index (χ0v) is 12.4. The fourth-order valence-electron chi connectivity index (χ4n) is 2.70. The van der Waals surface area contributed by atoms with E-state index in [0.717, 1.165) is 22.7 Å². The van der Waals surface area contributed by atoms with Gasteiger partial charge in [0.15, 0.2) is 11.4 Å². The average molecular weight is 267 g/mol. The molecule has 20 heavy (non-hydrogen) atoms. The number of ether oxygens (including phenoxy) is 1. The van der Waals surface area contributed by atoms with E-state index in [0.29, 0.717) is 6.73 Å². The summed E-state index contributed by atoms with van der Waals surface area (Å²) in [5, 5.41) is 4.74. The molecule has 3 heteroatoms. The molecular weight excluding hydrogens is 248 g/mol. The second-order valence-electron chi connectivity index (χ2n) is 5.49. The molecule has 0 atom stereocenters. The molecule has 0 amide bonds. The lowest BCUT2D eigenvalue weighted by Crippen LogP contribution is -2.16. The van der Waals surface area contributed by atoms with Crippen LogP contribution < -0.4 is 4.74 Å². The zero-order chi connectivity index (χ0) is 14.3. The SMILES string of the molecule is Cc1ccc([N+]2=Nc3cc(C)cc(C)c3OC2)c(C)c1. The molecule has 0 spiro atoms. The third-order valence-electron chi connectivity index (χ3n) is 3.59. The van der Waals surface area contributed by atoms with Crippen LogP contribution in [-0.4, -0.2) is 11.4 Å². The number of rotatable bonds is 1. The van der Waals surface area contributed by atoms with E-state index in [1.54, 1.807) is 0 Å². The lowest BCUT2D eigenvalue weighted by atomic mass is 10.1. The topological polar surface area (TPSA) is 24.6 Å². The molecule has 0 unspecified atom stereocenters. The van der Waals surface area contributed by atoms with Crippen molar-refractivity contribution in [3.05, 3.63) is 52.6 Å². The number of aryl methyl sites for hydroxylation is 4. The number of hydrogen-bond donors (Lipinski definition) is 0. The van der Waals surface area contributed by atoms with Crippen LogP contribution in [0, 0.1) is 27.7 Å². The molecule has 0 aromatic heterocycles. The minimum absolute atomic E-state index is 0.459.